The highest BCUT2D eigenvalue weighted by Gasteiger charge is 1.99. The van der Waals surface area contributed by atoms with E-state index in [1.165, 1.54) is 12.2 Å². The first-order valence-electron chi connectivity index (χ1n) is 4.50. The molecule has 78 valence electrons. The summed E-state index contributed by atoms with van der Waals surface area (Å²) in [5.41, 5.74) is 13.6. The number of nitrogens with zero attached hydrogens (tertiary/aromatic N) is 2. The fourth-order valence-electron chi connectivity index (χ4n) is 1.16. The van der Waals surface area contributed by atoms with Gasteiger partial charge in [-0.25, -0.2) is 0 Å². The zero-order valence-electron chi connectivity index (χ0n) is 8.51. The van der Waals surface area contributed by atoms with E-state index in [1.807, 2.05) is 12.1 Å². The zero-order valence-corrected chi connectivity index (χ0v) is 8.51. The van der Waals surface area contributed by atoms with Crippen molar-refractivity contribution in [1.82, 2.24) is 0 Å². The van der Waals surface area contributed by atoms with Crippen molar-refractivity contribution in [3.05, 3.63) is 47.5 Å². The fourth-order valence-corrected chi connectivity index (χ4v) is 1.16. The maximum Gasteiger partial charge on any atom is 0.0933 e. The van der Waals surface area contributed by atoms with Crippen LogP contribution in [0, 0.1) is 22.7 Å². The van der Waals surface area contributed by atoms with Gasteiger partial charge in [0.25, 0.3) is 0 Å². The molecule has 0 unspecified atom stereocenters. The van der Waals surface area contributed by atoms with Crippen LogP contribution < -0.4 is 11.5 Å². The molecule has 0 aliphatic heterocycles. The molecule has 0 amide bonds. The lowest BCUT2D eigenvalue weighted by molar-refractivity contribution is 1.45. The van der Waals surface area contributed by atoms with E-state index in [9.17, 15) is 0 Å². The summed E-state index contributed by atoms with van der Waals surface area (Å²) in [6, 6.07) is 10.7. The standard InChI is InChI=1S/C12H10N4/c13-7-5-11(15)9-1-2-10(4-3-9)12(16)6-8-14/h1-6H,15-16H2/b11-5-,12-6-. The highest BCUT2D eigenvalue weighted by Crippen LogP contribution is 2.13. The van der Waals surface area contributed by atoms with Crippen molar-refractivity contribution < 1.29 is 0 Å². The molecule has 0 heterocycles. The number of allylic oxidation sites excluding steroid dienone is 2. The molecule has 1 rings (SSSR count). The summed E-state index contributed by atoms with van der Waals surface area (Å²) in [5.74, 6) is 0. The number of nitriles is 2. The zero-order chi connectivity index (χ0) is 12.0. The predicted octanol–water partition coefficient (Wildman–Crippen LogP) is 1.33. The summed E-state index contributed by atoms with van der Waals surface area (Å²) < 4.78 is 0. The van der Waals surface area contributed by atoms with Gasteiger partial charge in [0.1, 0.15) is 0 Å². The predicted molar refractivity (Wildman–Crippen MR) is 62.0 cm³/mol. The Morgan fingerprint density at radius 3 is 1.44 bits per heavy atom. The minimum absolute atomic E-state index is 0.400. The van der Waals surface area contributed by atoms with E-state index < -0.39 is 0 Å². The molecule has 0 radical (unpaired) electrons. The van der Waals surface area contributed by atoms with Gasteiger partial charge in [0, 0.05) is 23.5 Å². The van der Waals surface area contributed by atoms with Crippen LogP contribution in [-0.4, -0.2) is 0 Å². The molecular weight excluding hydrogens is 200 g/mol. The quantitative estimate of drug-likeness (QED) is 0.719. The number of benzene rings is 1. The minimum Gasteiger partial charge on any atom is -0.398 e. The Hall–Kier alpha value is -2.72. The van der Waals surface area contributed by atoms with Gasteiger partial charge in [-0.1, -0.05) is 24.3 Å². The van der Waals surface area contributed by atoms with Gasteiger partial charge in [-0.15, -0.1) is 0 Å². The first-order valence-corrected chi connectivity index (χ1v) is 4.50. The van der Waals surface area contributed by atoms with Crippen LogP contribution in [0.25, 0.3) is 11.4 Å². The normalized spacial score (nSPS) is 11.6. The Balaban J connectivity index is 3.02. The van der Waals surface area contributed by atoms with Crippen molar-refractivity contribution >= 4 is 11.4 Å². The fraction of sp³-hybridized carbons (Fsp3) is 0. The van der Waals surface area contributed by atoms with Crippen LogP contribution in [0.2, 0.25) is 0 Å². The number of nitrogens with two attached hydrogens (primary N) is 2. The first kappa shape index (κ1) is 11.4. The van der Waals surface area contributed by atoms with Gasteiger partial charge in [-0.3, -0.25) is 0 Å². The van der Waals surface area contributed by atoms with E-state index in [0.717, 1.165) is 11.1 Å². The Bertz CT molecular complexity index is 460. The van der Waals surface area contributed by atoms with Gasteiger partial charge in [0.2, 0.25) is 0 Å². The molecule has 0 atom stereocenters. The van der Waals surface area contributed by atoms with Crippen molar-refractivity contribution in [2.45, 2.75) is 0 Å². The number of hydrogen-bond donors (Lipinski definition) is 2. The second kappa shape index (κ2) is 5.23. The highest BCUT2D eigenvalue weighted by molar-refractivity contribution is 5.69. The Kier molecular flexibility index (Phi) is 3.71. The third-order valence-corrected chi connectivity index (χ3v) is 1.99. The molecule has 0 aliphatic rings. The lowest BCUT2D eigenvalue weighted by Crippen LogP contribution is -1.98. The third-order valence-electron chi connectivity index (χ3n) is 1.99. The SMILES string of the molecule is N#C/C=C(\N)c1ccc(/C(N)=C/C#N)cc1. The van der Waals surface area contributed by atoms with Crippen LogP contribution in [0.5, 0.6) is 0 Å². The van der Waals surface area contributed by atoms with E-state index in [1.54, 1.807) is 24.3 Å². The molecule has 4 nitrogen and oxygen atoms in total. The van der Waals surface area contributed by atoms with Crippen LogP contribution in [0.1, 0.15) is 11.1 Å². The molecule has 0 saturated carbocycles. The summed E-state index contributed by atoms with van der Waals surface area (Å²) in [4.78, 5) is 0. The molecule has 0 saturated heterocycles. The molecule has 0 aliphatic carbocycles. The third kappa shape index (κ3) is 2.63. The van der Waals surface area contributed by atoms with Crippen molar-refractivity contribution in [3.63, 3.8) is 0 Å². The van der Waals surface area contributed by atoms with E-state index in [4.69, 9.17) is 22.0 Å². The van der Waals surface area contributed by atoms with Gasteiger partial charge in [0.15, 0.2) is 0 Å². The number of rotatable bonds is 2. The van der Waals surface area contributed by atoms with Crippen LogP contribution in [-0.2, 0) is 0 Å². The molecule has 0 fully saturated rings. The first-order chi connectivity index (χ1) is 7.69. The summed E-state index contributed by atoms with van der Waals surface area (Å²) in [7, 11) is 0. The monoisotopic (exact) mass is 210 g/mol. The second-order valence-electron chi connectivity index (χ2n) is 3.03. The largest absolute Gasteiger partial charge is 0.398 e. The van der Waals surface area contributed by atoms with E-state index in [2.05, 4.69) is 0 Å². The summed E-state index contributed by atoms with van der Waals surface area (Å²) in [6.45, 7) is 0. The Morgan fingerprint density at radius 2 is 1.19 bits per heavy atom. The maximum absolute atomic E-state index is 8.44. The summed E-state index contributed by atoms with van der Waals surface area (Å²) >= 11 is 0. The molecular formula is C12H10N4. The van der Waals surface area contributed by atoms with Crippen molar-refractivity contribution in [1.29, 1.82) is 10.5 Å². The van der Waals surface area contributed by atoms with Gasteiger partial charge < -0.3 is 11.5 Å². The lowest BCUT2D eigenvalue weighted by Gasteiger charge is -2.03. The maximum atomic E-state index is 8.44. The molecule has 16 heavy (non-hydrogen) atoms. The molecule has 0 bridgehead atoms. The van der Waals surface area contributed by atoms with E-state index >= 15 is 0 Å². The van der Waals surface area contributed by atoms with Crippen LogP contribution >= 0.6 is 0 Å². The Morgan fingerprint density at radius 1 is 0.875 bits per heavy atom. The average molecular weight is 210 g/mol. The van der Waals surface area contributed by atoms with Crippen molar-refractivity contribution in [3.8, 4) is 12.1 Å². The van der Waals surface area contributed by atoms with Gasteiger partial charge in [0.05, 0.1) is 12.1 Å². The minimum atomic E-state index is 0.400. The molecule has 0 spiro atoms. The van der Waals surface area contributed by atoms with Gasteiger partial charge in [-0.05, 0) is 11.1 Å². The average Bonchev–Trinajstić information content (AvgIpc) is 2.30. The molecule has 1 aromatic carbocycles. The van der Waals surface area contributed by atoms with Crippen LogP contribution in [0.15, 0.2) is 36.4 Å². The summed E-state index contributed by atoms with van der Waals surface area (Å²) in [6.07, 6.45) is 2.53. The van der Waals surface area contributed by atoms with E-state index in [0.29, 0.717) is 11.4 Å². The second-order valence-corrected chi connectivity index (χ2v) is 3.03. The lowest BCUT2D eigenvalue weighted by atomic mass is 10.1. The Labute approximate surface area is 93.7 Å². The summed E-state index contributed by atoms with van der Waals surface area (Å²) in [5, 5.41) is 16.9. The topological polar surface area (TPSA) is 99.6 Å². The van der Waals surface area contributed by atoms with Crippen molar-refractivity contribution in [2.75, 3.05) is 0 Å². The molecule has 4 N–H and O–H groups in total. The molecule has 0 aromatic heterocycles. The highest BCUT2D eigenvalue weighted by atomic mass is 14.6. The van der Waals surface area contributed by atoms with Gasteiger partial charge >= 0.3 is 0 Å². The van der Waals surface area contributed by atoms with Gasteiger partial charge in [-0.2, -0.15) is 10.5 Å². The van der Waals surface area contributed by atoms with Crippen molar-refractivity contribution in [2.24, 2.45) is 11.5 Å². The number of hydrogen-bond acceptors (Lipinski definition) is 4. The van der Waals surface area contributed by atoms with Crippen LogP contribution in [0.4, 0.5) is 0 Å². The molecule has 1 aromatic rings. The molecule has 4 heteroatoms. The van der Waals surface area contributed by atoms with Crippen LogP contribution in [0.3, 0.4) is 0 Å². The smallest absolute Gasteiger partial charge is 0.0933 e. The van der Waals surface area contributed by atoms with E-state index in [-0.39, 0.29) is 0 Å².